The van der Waals surface area contributed by atoms with Gasteiger partial charge in [-0.05, 0) is 19.1 Å². The van der Waals surface area contributed by atoms with Gasteiger partial charge in [-0.15, -0.1) is 11.3 Å². The van der Waals surface area contributed by atoms with Crippen molar-refractivity contribution in [2.24, 2.45) is 0 Å². The molecular weight excluding hydrogens is 286 g/mol. The Bertz CT molecular complexity index is 496. The summed E-state index contributed by atoms with van der Waals surface area (Å²) in [6, 6.07) is 6.13. The number of nitrogens with zero attached hydrogens (tertiary/aromatic N) is 1. The van der Waals surface area contributed by atoms with Crippen molar-refractivity contribution in [1.29, 1.82) is 0 Å². The minimum absolute atomic E-state index is 0.797. The quantitative estimate of drug-likeness (QED) is 0.798. The second kappa shape index (κ2) is 4.97. The molecule has 0 saturated carbocycles. The zero-order valence-electron chi connectivity index (χ0n) is 9.16. The molecule has 2 nitrogen and oxygen atoms in total. The largest absolute Gasteiger partial charge is 0.496 e. The number of methoxy groups -OCH3 is 1. The standard InChI is InChI=1S/C12H12BrNOS/c1-8-3-4-11(15-2)9(5-8)10-7-16-12(6-13)14-10/h3-5,7H,6H2,1-2H3. The van der Waals surface area contributed by atoms with Crippen LogP contribution in [0.5, 0.6) is 5.75 Å². The van der Waals surface area contributed by atoms with E-state index in [1.807, 2.05) is 12.1 Å². The highest BCUT2D eigenvalue weighted by molar-refractivity contribution is 9.08. The first kappa shape index (κ1) is 11.6. The van der Waals surface area contributed by atoms with E-state index in [9.17, 15) is 0 Å². The van der Waals surface area contributed by atoms with Gasteiger partial charge in [-0.1, -0.05) is 27.6 Å². The molecular formula is C12H12BrNOS. The molecule has 0 atom stereocenters. The van der Waals surface area contributed by atoms with Gasteiger partial charge in [0.2, 0.25) is 0 Å². The molecule has 1 heterocycles. The summed E-state index contributed by atoms with van der Waals surface area (Å²) in [4.78, 5) is 4.54. The van der Waals surface area contributed by atoms with E-state index in [0.717, 1.165) is 27.3 Å². The average molecular weight is 298 g/mol. The van der Waals surface area contributed by atoms with Crippen LogP contribution in [0.1, 0.15) is 10.6 Å². The van der Waals surface area contributed by atoms with Gasteiger partial charge in [-0.25, -0.2) is 4.98 Å². The minimum atomic E-state index is 0.797. The van der Waals surface area contributed by atoms with Crippen molar-refractivity contribution >= 4 is 27.3 Å². The number of aryl methyl sites for hydroxylation is 1. The Hall–Kier alpha value is -0.870. The van der Waals surface area contributed by atoms with Gasteiger partial charge < -0.3 is 4.74 Å². The fraction of sp³-hybridized carbons (Fsp3) is 0.250. The number of benzene rings is 1. The molecule has 0 N–H and O–H groups in total. The summed E-state index contributed by atoms with van der Waals surface area (Å²) in [5.41, 5.74) is 3.26. The van der Waals surface area contributed by atoms with E-state index in [4.69, 9.17) is 4.74 Å². The van der Waals surface area contributed by atoms with Crippen molar-refractivity contribution in [3.8, 4) is 17.0 Å². The Kier molecular flexibility index (Phi) is 3.61. The molecule has 0 saturated heterocycles. The summed E-state index contributed by atoms with van der Waals surface area (Å²) in [7, 11) is 1.69. The minimum Gasteiger partial charge on any atom is -0.496 e. The van der Waals surface area contributed by atoms with Gasteiger partial charge in [-0.2, -0.15) is 0 Å². The van der Waals surface area contributed by atoms with Crippen molar-refractivity contribution in [2.75, 3.05) is 7.11 Å². The number of alkyl halides is 1. The van der Waals surface area contributed by atoms with E-state index in [0.29, 0.717) is 0 Å². The number of hydrogen-bond donors (Lipinski definition) is 0. The van der Waals surface area contributed by atoms with Crippen molar-refractivity contribution in [3.63, 3.8) is 0 Å². The molecule has 1 aromatic carbocycles. The zero-order valence-corrected chi connectivity index (χ0v) is 11.6. The average Bonchev–Trinajstić information content (AvgIpc) is 2.77. The van der Waals surface area contributed by atoms with Crippen LogP contribution in [0.3, 0.4) is 0 Å². The fourth-order valence-corrected chi connectivity index (χ4v) is 2.68. The fourth-order valence-electron chi connectivity index (χ4n) is 1.52. The Morgan fingerprint density at radius 2 is 2.25 bits per heavy atom. The van der Waals surface area contributed by atoms with E-state index in [2.05, 4.69) is 39.3 Å². The number of aromatic nitrogens is 1. The lowest BCUT2D eigenvalue weighted by atomic mass is 10.1. The van der Waals surface area contributed by atoms with Crippen LogP contribution in [0.4, 0.5) is 0 Å². The lowest BCUT2D eigenvalue weighted by Crippen LogP contribution is -1.89. The van der Waals surface area contributed by atoms with Gasteiger partial charge in [0.1, 0.15) is 10.8 Å². The molecule has 1 aromatic heterocycles. The molecule has 0 aliphatic rings. The van der Waals surface area contributed by atoms with Crippen LogP contribution in [0.15, 0.2) is 23.6 Å². The van der Waals surface area contributed by atoms with Gasteiger partial charge in [-0.3, -0.25) is 0 Å². The maximum absolute atomic E-state index is 5.35. The van der Waals surface area contributed by atoms with Gasteiger partial charge in [0.15, 0.2) is 0 Å². The van der Waals surface area contributed by atoms with Crippen LogP contribution >= 0.6 is 27.3 Å². The van der Waals surface area contributed by atoms with E-state index in [1.165, 1.54) is 5.56 Å². The van der Waals surface area contributed by atoms with E-state index >= 15 is 0 Å². The highest BCUT2D eigenvalue weighted by Gasteiger charge is 2.09. The maximum Gasteiger partial charge on any atom is 0.128 e. The molecule has 4 heteroatoms. The predicted molar refractivity (Wildman–Crippen MR) is 71.5 cm³/mol. The second-order valence-electron chi connectivity index (χ2n) is 3.46. The van der Waals surface area contributed by atoms with E-state index < -0.39 is 0 Å². The second-order valence-corrected chi connectivity index (χ2v) is 4.97. The third kappa shape index (κ3) is 2.28. The maximum atomic E-state index is 5.35. The zero-order chi connectivity index (χ0) is 11.5. The van der Waals surface area contributed by atoms with Crippen molar-refractivity contribution < 1.29 is 4.74 Å². The van der Waals surface area contributed by atoms with Gasteiger partial charge >= 0.3 is 0 Å². The smallest absolute Gasteiger partial charge is 0.128 e. The summed E-state index contributed by atoms with van der Waals surface area (Å²) >= 11 is 5.07. The van der Waals surface area contributed by atoms with Gasteiger partial charge in [0.05, 0.1) is 18.1 Å². The molecule has 0 spiro atoms. The molecule has 2 aromatic rings. The summed E-state index contributed by atoms with van der Waals surface area (Å²) < 4.78 is 5.35. The van der Waals surface area contributed by atoms with Crippen LogP contribution in [-0.4, -0.2) is 12.1 Å². The molecule has 16 heavy (non-hydrogen) atoms. The van der Waals surface area contributed by atoms with Crippen molar-refractivity contribution in [3.05, 3.63) is 34.2 Å². The SMILES string of the molecule is COc1ccc(C)cc1-c1csc(CBr)n1. The lowest BCUT2D eigenvalue weighted by Gasteiger charge is -2.06. The van der Waals surface area contributed by atoms with Crippen LogP contribution in [-0.2, 0) is 5.33 Å². The van der Waals surface area contributed by atoms with Crippen molar-refractivity contribution in [1.82, 2.24) is 4.98 Å². The third-order valence-electron chi connectivity index (χ3n) is 2.30. The predicted octanol–water partition coefficient (Wildman–Crippen LogP) is 4.02. The molecule has 0 amide bonds. The molecule has 0 unspecified atom stereocenters. The number of ether oxygens (including phenoxy) is 1. The summed E-state index contributed by atoms with van der Waals surface area (Å²) in [5, 5.41) is 3.94. The Morgan fingerprint density at radius 1 is 1.44 bits per heavy atom. The third-order valence-corrected chi connectivity index (χ3v) is 4.05. The van der Waals surface area contributed by atoms with Gasteiger partial charge in [0, 0.05) is 10.9 Å². The number of halogens is 1. The number of rotatable bonds is 3. The Balaban J connectivity index is 2.49. The van der Waals surface area contributed by atoms with E-state index in [1.54, 1.807) is 18.4 Å². The van der Waals surface area contributed by atoms with Crippen molar-refractivity contribution in [2.45, 2.75) is 12.3 Å². The highest BCUT2D eigenvalue weighted by atomic mass is 79.9. The van der Waals surface area contributed by atoms with Crippen LogP contribution in [0.2, 0.25) is 0 Å². The van der Waals surface area contributed by atoms with E-state index in [-0.39, 0.29) is 0 Å². The molecule has 0 aliphatic heterocycles. The molecule has 0 aliphatic carbocycles. The molecule has 84 valence electrons. The molecule has 0 bridgehead atoms. The topological polar surface area (TPSA) is 22.1 Å². The summed E-state index contributed by atoms with van der Waals surface area (Å²) in [6.07, 6.45) is 0. The normalized spacial score (nSPS) is 10.4. The molecule has 0 fully saturated rings. The highest BCUT2D eigenvalue weighted by Crippen LogP contribution is 2.31. The summed E-state index contributed by atoms with van der Waals surface area (Å²) in [5.74, 6) is 0.872. The Morgan fingerprint density at radius 3 is 2.88 bits per heavy atom. The van der Waals surface area contributed by atoms with Crippen LogP contribution in [0.25, 0.3) is 11.3 Å². The monoisotopic (exact) mass is 297 g/mol. The van der Waals surface area contributed by atoms with Crippen LogP contribution < -0.4 is 4.74 Å². The first-order valence-corrected chi connectivity index (χ1v) is 6.90. The lowest BCUT2D eigenvalue weighted by molar-refractivity contribution is 0.416. The number of hydrogen-bond acceptors (Lipinski definition) is 3. The summed E-state index contributed by atoms with van der Waals surface area (Å²) in [6.45, 7) is 2.07. The Labute approximate surface area is 107 Å². The first-order valence-electron chi connectivity index (χ1n) is 4.90. The molecule has 2 rings (SSSR count). The van der Waals surface area contributed by atoms with Crippen LogP contribution in [0, 0.1) is 6.92 Å². The van der Waals surface area contributed by atoms with Gasteiger partial charge in [0.25, 0.3) is 0 Å². The number of thiazole rings is 1. The first-order chi connectivity index (χ1) is 7.74. The molecule has 0 radical (unpaired) electrons.